The molecule has 0 radical (unpaired) electrons. The van der Waals surface area contributed by atoms with Crippen LogP contribution in [-0.4, -0.2) is 63.1 Å². The van der Waals surface area contributed by atoms with E-state index >= 15 is 0 Å². The zero-order chi connectivity index (χ0) is 24.0. The van der Waals surface area contributed by atoms with Crippen molar-refractivity contribution in [1.82, 2.24) is 0 Å². The number of carbonyl (C=O) groups excluding carboxylic acids is 3. The van der Waals surface area contributed by atoms with Crippen LogP contribution in [-0.2, 0) is 23.9 Å². The topological polar surface area (TPSA) is 130 Å². The van der Waals surface area contributed by atoms with Crippen LogP contribution in [0.2, 0.25) is 0 Å². The van der Waals surface area contributed by atoms with Gasteiger partial charge in [-0.1, -0.05) is 27.7 Å². The monoisotopic (exact) mass is 452 g/mol. The summed E-state index contributed by atoms with van der Waals surface area (Å²) >= 11 is 0. The molecule has 0 heterocycles. The Hall–Kier alpha value is -1.51. The average Bonchev–Trinajstić information content (AvgIpc) is 2.75. The highest BCUT2D eigenvalue weighted by Crippen LogP contribution is 2.72. The molecule has 4 aliphatic rings. The lowest BCUT2D eigenvalue weighted by atomic mass is 9.38. The molecular weight excluding hydrogens is 416 g/mol. The molecule has 0 unspecified atom stereocenters. The van der Waals surface area contributed by atoms with Gasteiger partial charge in [-0.3, -0.25) is 14.4 Å². The number of ketones is 1. The third kappa shape index (κ3) is 2.69. The molecule has 0 aromatic carbocycles. The molecule has 10 atom stereocenters. The van der Waals surface area contributed by atoms with Crippen LogP contribution >= 0.6 is 0 Å². The standard InChI is InChI=1S/C24H36O8/c1-11-19(28)24-16(27)9-15-21(4,5)8-7-17(32-13(3)26)22(15,6)18(24)14(31-12(2)25)10-23(11,30)20(24)29/h11,14-18,20,27,29-30H,7-10H2,1-6H3/t11-,14+,15-,16+,17+,18-,20-,22-,23+,24+/m0/s1. The first-order valence-corrected chi connectivity index (χ1v) is 11.6. The smallest absolute Gasteiger partial charge is 0.302 e. The van der Waals surface area contributed by atoms with Crippen molar-refractivity contribution >= 4 is 17.7 Å². The number of Topliss-reactive ketones (excluding diaryl/α,β-unsaturated/α-hetero) is 1. The summed E-state index contributed by atoms with van der Waals surface area (Å²) in [5, 5.41) is 34.4. The van der Waals surface area contributed by atoms with Crippen LogP contribution in [0.4, 0.5) is 0 Å². The maximum absolute atomic E-state index is 13.8. The lowest BCUT2D eigenvalue weighted by Crippen LogP contribution is -2.75. The summed E-state index contributed by atoms with van der Waals surface area (Å²) in [5.74, 6) is -3.34. The van der Waals surface area contributed by atoms with Gasteiger partial charge in [-0.05, 0) is 30.6 Å². The third-order valence-corrected chi connectivity index (χ3v) is 9.66. The molecular formula is C24H36O8. The molecule has 1 spiro atoms. The summed E-state index contributed by atoms with van der Waals surface area (Å²) in [6.45, 7) is 10.3. The van der Waals surface area contributed by atoms with Crippen LogP contribution in [0.5, 0.6) is 0 Å². The van der Waals surface area contributed by atoms with Gasteiger partial charge in [0, 0.05) is 37.5 Å². The summed E-state index contributed by atoms with van der Waals surface area (Å²) in [6, 6.07) is 0. The summed E-state index contributed by atoms with van der Waals surface area (Å²) < 4.78 is 11.5. The Morgan fingerprint density at radius 2 is 1.66 bits per heavy atom. The molecule has 4 rings (SSSR count). The second-order valence-electron chi connectivity index (χ2n) is 11.5. The second-order valence-corrected chi connectivity index (χ2v) is 11.5. The van der Waals surface area contributed by atoms with E-state index in [9.17, 15) is 29.7 Å². The van der Waals surface area contributed by atoms with E-state index in [4.69, 9.17) is 9.47 Å². The Labute approximate surface area is 188 Å². The van der Waals surface area contributed by atoms with Crippen LogP contribution in [0.25, 0.3) is 0 Å². The van der Waals surface area contributed by atoms with Crippen LogP contribution in [0.15, 0.2) is 0 Å². The molecule has 4 saturated carbocycles. The second kappa shape index (κ2) is 7.00. The first-order chi connectivity index (χ1) is 14.6. The van der Waals surface area contributed by atoms with Gasteiger partial charge in [-0.25, -0.2) is 0 Å². The predicted octanol–water partition coefficient (Wildman–Crippen LogP) is 1.37. The van der Waals surface area contributed by atoms with Crippen molar-refractivity contribution in [1.29, 1.82) is 0 Å². The molecule has 0 aliphatic heterocycles. The largest absolute Gasteiger partial charge is 0.462 e. The van der Waals surface area contributed by atoms with Crippen molar-refractivity contribution in [3.05, 3.63) is 0 Å². The predicted molar refractivity (Wildman–Crippen MR) is 112 cm³/mol. The number of ether oxygens (including phenoxy) is 2. The van der Waals surface area contributed by atoms with E-state index in [0.717, 1.165) is 6.42 Å². The van der Waals surface area contributed by atoms with Crippen LogP contribution in [0.1, 0.15) is 67.2 Å². The van der Waals surface area contributed by atoms with Gasteiger partial charge < -0.3 is 24.8 Å². The SMILES string of the molecule is CC(=O)O[C@@H]1C[C@@]2(O)[C@@H](C)C(=O)[C@]3([C@H](O)C[C@H]4C(C)(C)CC[C@@H](OC(C)=O)[C@@]4(C)[C@H]13)[C@H]2O. The van der Waals surface area contributed by atoms with E-state index in [2.05, 4.69) is 13.8 Å². The maximum atomic E-state index is 13.8. The van der Waals surface area contributed by atoms with Gasteiger partial charge in [-0.2, -0.15) is 0 Å². The number of esters is 2. The average molecular weight is 453 g/mol. The normalized spacial score (nSPS) is 51.4. The van der Waals surface area contributed by atoms with Crippen molar-refractivity contribution in [2.24, 2.45) is 34.0 Å². The van der Waals surface area contributed by atoms with Gasteiger partial charge in [0.25, 0.3) is 0 Å². The number of hydrogen-bond donors (Lipinski definition) is 3. The fraction of sp³-hybridized carbons (Fsp3) is 0.875. The molecule has 4 aliphatic carbocycles. The van der Waals surface area contributed by atoms with Gasteiger partial charge in [-0.15, -0.1) is 0 Å². The number of fused-ring (bicyclic) bond motifs is 3. The van der Waals surface area contributed by atoms with E-state index in [1.54, 1.807) is 6.92 Å². The van der Waals surface area contributed by atoms with E-state index in [1.165, 1.54) is 13.8 Å². The van der Waals surface area contributed by atoms with Gasteiger partial charge in [0.2, 0.25) is 0 Å². The highest BCUT2D eigenvalue weighted by molar-refractivity contribution is 5.94. The number of hydrogen-bond acceptors (Lipinski definition) is 8. The van der Waals surface area contributed by atoms with Crippen molar-refractivity contribution < 1.29 is 39.2 Å². The van der Waals surface area contributed by atoms with Crippen LogP contribution < -0.4 is 0 Å². The van der Waals surface area contributed by atoms with Crippen molar-refractivity contribution in [2.45, 2.75) is 97.2 Å². The zero-order valence-electron chi connectivity index (χ0n) is 19.8. The molecule has 3 N–H and O–H groups in total. The Morgan fingerprint density at radius 3 is 2.22 bits per heavy atom. The van der Waals surface area contributed by atoms with Gasteiger partial charge in [0.1, 0.15) is 17.8 Å². The minimum atomic E-state index is -1.81. The Kier molecular flexibility index (Phi) is 5.17. The quantitative estimate of drug-likeness (QED) is 0.536. The first kappa shape index (κ1) is 23.6. The molecule has 0 aromatic rings. The third-order valence-electron chi connectivity index (χ3n) is 9.66. The summed E-state index contributed by atoms with van der Waals surface area (Å²) in [6.07, 6.45) is -2.81. The summed E-state index contributed by atoms with van der Waals surface area (Å²) in [7, 11) is 0. The van der Waals surface area contributed by atoms with Gasteiger partial charge in [0.15, 0.2) is 5.78 Å². The Morgan fingerprint density at radius 1 is 1.06 bits per heavy atom. The van der Waals surface area contributed by atoms with E-state index in [0.29, 0.717) is 6.42 Å². The molecule has 8 heteroatoms. The van der Waals surface area contributed by atoms with Crippen molar-refractivity contribution in [3.8, 4) is 0 Å². The molecule has 32 heavy (non-hydrogen) atoms. The molecule has 0 amide bonds. The summed E-state index contributed by atoms with van der Waals surface area (Å²) in [4.78, 5) is 37.9. The number of carbonyl (C=O) groups is 3. The van der Waals surface area contributed by atoms with Crippen LogP contribution in [0.3, 0.4) is 0 Å². The van der Waals surface area contributed by atoms with Gasteiger partial charge >= 0.3 is 11.9 Å². The molecule has 0 saturated heterocycles. The van der Waals surface area contributed by atoms with E-state index in [1.807, 2.05) is 6.92 Å². The maximum Gasteiger partial charge on any atom is 0.302 e. The van der Waals surface area contributed by atoms with Gasteiger partial charge in [0.05, 0.1) is 17.6 Å². The van der Waals surface area contributed by atoms with E-state index in [-0.39, 0.29) is 24.2 Å². The first-order valence-electron chi connectivity index (χ1n) is 11.6. The van der Waals surface area contributed by atoms with Crippen molar-refractivity contribution in [2.75, 3.05) is 0 Å². The fourth-order valence-corrected chi connectivity index (χ4v) is 8.39. The van der Waals surface area contributed by atoms with Crippen LogP contribution in [0, 0.1) is 34.0 Å². The molecule has 8 nitrogen and oxygen atoms in total. The fourth-order valence-electron chi connectivity index (χ4n) is 8.39. The number of rotatable bonds is 2. The Balaban J connectivity index is 1.99. The minimum Gasteiger partial charge on any atom is -0.462 e. The van der Waals surface area contributed by atoms with Crippen molar-refractivity contribution in [3.63, 3.8) is 0 Å². The summed E-state index contributed by atoms with van der Waals surface area (Å²) in [5.41, 5.74) is -4.63. The lowest BCUT2D eigenvalue weighted by molar-refractivity contribution is -0.296. The number of aliphatic hydroxyl groups is 3. The van der Waals surface area contributed by atoms with E-state index < -0.39 is 70.4 Å². The Bertz CT molecular complexity index is 853. The molecule has 0 aromatic heterocycles. The molecule has 2 bridgehead atoms. The molecule has 180 valence electrons. The highest BCUT2D eigenvalue weighted by atomic mass is 16.6. The minimum absolute atomic E-state index is 0.116. The highest BCUT2D eigenvalue weighted by Gasteiger charge is 2.82. The zero-order valence-corrected chi connectivity index (χ0v) is 19.8. The lowest BCUT2D eigenvalue weighted by Gasteiger charge is -2.68. The molecule has 4 fully saturated rings. The number of aliphatic hydroxyl groups excluding tert-OH is 2.